The van der Waals surface area contributed by atoms with E-state index in [-0.39, 0.29) is 0 Å². The van der Waals surface area contributed by atoms with E-state index in [0.717, 1.165) is 6.42 Å². The summed E-state index contributed by atoms with van der Waals surface area (Å²) in [5, 5.41) is 11.1. The molecule has 0 amide bonds. The highest BCUT2D eigenvalue weighted by atomic mass is 19.4. The van der Waals surface area contributed by atoms with E-state index in [1.807, 2.05) is 6.92 Å². The molecule has 3 nitrogen and oxygen atoms in total. The predicted molar refractivity (Wildman–Crippen MR) is 50.7 cm³/mol. The molecular formula is C9H18F3NO2. The smallest absolute Gasteiger partial charge is 0.382 e. The first-order chi connectivity index (χ1) is 6.98. The van der Waals surface area contributed by atoms with Crippen molar-refractivity contribution in [1.82, 2.24) is 5.32 Å². The molecule has 0 aliphatic carbocycles. The first kappa shape index (κ1) is 14.7. The maximum atomic E-state index is 11.8. The van der Waals surface area contributed by atoms with Crippen molar-refractivity contribution in [2.24, 2.45) is 0 Å². The molecule has 0 saturated heterocycles. The molecule has 0 aliphatic rings. The first-order valence-corrected chi connectivity index (χ1v) is 5.01. The van der Waals surface area contributed by atoms with Gasteiger partial charge in [0.1, 0.15) is 0 Å². The summed E-state index contributed by atoms with van der Waals surface area (Å²) < 4.78 is 40.6. The van der Waals surface area contributed by atoms with Gasteiger partial charge >= 0.3 is 6.18 Å². The van der Waals surface area contributed by atoms with Crippen LogP contribution in [0.1, 0.15) is 19.8 Å². The van der Waals surface area contributed by atoms with Gasteiger partial charge in [-0.15, -0.1) is 0 Å². The summed E-state index contributed by atoms with van der Waals surface area (Å²) in [4.78, 5) is 0. The van der Waals surface area contributed by atoms with E-state index in [4.69, 9.17) is 9.84 Å². The monoisotopic (exact) mass is 229 g/mol. The average molecular weight is 229 g/mol. The molecule has 1 unspecified atom stereocenters. The van der Waals surface area contributed by atoms with E-state index in [9.17, 15) is 13.2 Å². The predicted octanol–water partition coefficient (Wildman–Crippen LogP) is 1.32. The van der Waals surface area contributed by atoms with Gasteiger partial charge in [-0.1, -0.05) is 6.92 Å². The zero-order chi connectivity index (χ0) is 11.7. The molecule has 0 fully saturated rings. The molecular weight excluding hydrogens is 211 g/mol. The van der Waals surface area contributed by atoms with Crippen LogP contribution < -0.4 is 5.32 Å². The summed E-state index contributed by atoms with van der Waals surface area (Å²) in [5.74, 6) is 0. The fraction of sp³-hybridized carbons (Fsp3) is 1.00. The number of ether oxygens (including phenoxy) is 1. The largest absolute Gasteiger partial charge is 0.415 e. The number of alkyl halides is 3. The van der Waals surface area contributed by atoms with Crippen LogP contribution in [0.25, 0.3) is 0 Å². The Morgan fingerprint density at radius 2 is 2.00 bits per heavy atom. The molecule has 0 rings (SSSR count). The van der Waals surface area contributed by atoms with Crippen LogP contribution in [-0.2, 0) is 4.74 Å². The molecule has 0 aromatic carbocycles. The number of hydrogen-bond acceptors (Lipinski definition) is 3. The molecule has 0 aromatic rings. The SMILES string of the molecule is CCCOCCCNCC(O)C(F)(F)F. The lowest BCUT2D eigenvalue weighted by Gasteiger charge is -2.14. The minimum absolute atomic E-state index is 0.414. The Morgan fingerprint density at radius 3 is 2.53 bits per heavy atom. The van der Waals surface area contributed by atoms with Gasteiger partial charge in [0.2, 0.25) is 0 Å². The third-order valence-electron chi connectivity index (χ3n) is 1.71. The first-order valence-electron chi connectivity index (χ1n) is 5.01. The Morgan fingerprint density at radius 1 is 1.33 bits per heavy atom. The van der Waals surface area contributed by atoms with E-state index in [0.29, 0.717) is 26.2 Å². The number of rotatable bonds is 8. The third kappa shape index (κ3) is 8.65. The topological polar surface area (TPSA) is 41.5 Å². The van der Waals surface area contributed by atoms with Crippen LogP contribution in [0.2, 0.25) is 0 Å². The van der Waals surface area contributed by atoms with Gasteiger partial charge in [0.25, 0.3) is 0 Å². The molecule has 0 saturated carbocycles. The minimum Gasteiger partial charge on any atom is -0.382 e. The molecule has 6 heteroatoms. The quantitative estimate of drug-likeness (QED) is 0.617. The van der Waals surface area contributed by atoms with Gasteiger partial charge in [0, 0.05) is 19.8 Å². The van der Waals surface area contributed by atoms with E-state index < -0.39 is 18.8 Å². The Labute approximate surface area is 87.6 Å². The number of nitrogens with one attached hydrogen (secondary N) is 1. The fourth-order valence-electron chi connectivity index (χ4n) is 0.900. The van der Waals surface area contributed by atoms with Crippen molar-refractivity contribution in [2.75, 3.05) is 26.3 Å². The summed E-state index contributed by atoms with van der Waals surface area (Å²) in [5.41, 5.74) is 0. The lowest BCUT2D eigenvalue weighted by atomic mass is 10.3. The highest BCUT2D eigenvalue weighted by Gasteiger charge is 2.37. The Balaban J connectivity index is 3.24. The fourth-order valence-corrected chi connectivity index (χ4v) is 0.900. The van der Waals surface area contributed by atoms with Crippen LogP contribution in [0.4, 0.5) is 13.2 Å². The second-order valence-electron chi connectivity index (χ2n) is 3.23. The van der Waals surface area contributed by atoms with Crippen LogP contribution in [-0.4, -0.2) is 43.7 Å². The molecule has 0 bridgehead atoms. The summed E-state index contributed by atoms with van der Waals surface area (Å²) in [6.45, 7) is 3.14. The van der Waals surface area contributed by atoms with Crippen molar-refractivity contribution in [3.63, 3.8) is 0 Å². The molecule has 1 atom stereocenters. The maximum absolute atomic E-state index is 11.8. The van der Waals surface area contributed by atoms with Crippen molar-refractivity contribution in [3.8, 4) is 0 Å². The zero-order valence-corrected chi connectivity index (χ0v) is 8.81. The number of halogens is 3. The second-order valence-corrected chi connectivity index (χ2v) is 3.23. The van der Waals surface area contributed by atoms with Gasteiger partial charge in [-0.25, -0.2) is 0 Å². The molecule has 0 aromatic heterocycles. The Bertz CT molecular complexity index is 153. The molecule has 2 N–H and O–H groups in total. The van der Waals surface area contributed by atoms with Gasteiger partial charge in [-0.05, 0) is 19.4 Å². The third-order valence-corrected chi connectivity index (χ3v) is 1.71. The van der Waals surface area contributed by atoms with E-state index in [1.165, 1.54) is 0 Å². The van der Waals surface area contributed by atoms with Gasteiger partial charge in [0.15, 0.2) is 6.10 Å². The summed E-state index contributed by atoms with van der Waals surface area (Å²) in [6, 6.07) is 0. The van der Waals surface area contributed by atoms with Crippen molar-refractivity contribution in [3.05, 3.63) is 0 Å². The van der Waals surface area contributed by atoms with Crippen molar-refractivity contribution < 1.29 is 23.0 Å². The Hall–Kier alpha value is -0.330. The molecule has 0 spiro atoms. The summed E-state index contributed by atoms with van der Waals surface area (Å²) in [6.07, 6.45) is -5.25. The van der Waals surface area contributed by atoms with Crippen LogP contribution in [0.15, 0.2) is 0 Å². The molecule has 0 radical (unpaired) electrons. The molecule has 15 heavy (non-hydrogen) atoms. The summed E-state index contributed by atoms with van der Waals surface area (Å²) >= 11 is 0. The summed E-state index contributed by atoms with van der Waals surface area (Å²) in [7, 11) is 0. The molecule has 0 heterocycles. The van der Waals surface area contributed by atoms with Crippen molar-refractivity contribution >= 4 is 0 Å². The second kappa shape index (κ2) is 7.90. The average Bonchev–Trinajstić information content (AvgIpc) is 2.14. The highest BCUT2D eigenvalue weighted by molar-refractivity contribution is 4.67. The number of aliphatic hydroxyl groups excluding tert-OH is 1. The van der Waals surface area contributed by atoms with Gasteiger partial charge in [-0.3, -0.25) is 0 Å². The van der Waals surface area contributed by atoms with E-state index in [2.05, 4.69) is 5.32 Å². The van der Waals surface area contributed by atoms with Crippen molar-refractivity contribution in [1.29, 1.82) is 0 Å². The van der Waals surface area contributed by atoms with E-state index >= 15 is 0 Å². The number of aliphatic hydroxyl groups is 1. The lowest BCUT2D eigenvalue weighted by Crippen LogP contribution is -2.38. The van der Waals surface area contributed by atoms with Gasteiger partial charge < -0.3 is 15.2 Å². The minimum atomic E-state index is -4.54. The highest BCUT2D eigenvalue weighted by Crippen LogP contribution is 2.18. The number of hydrogen-bond donors (Lipinski definition) is 2. The standard InChI is InChI=1S/C9H18F3NO2/c1-2-5-15-6-3-4-13-7-8(14)9(10,11)12/h8,13-14H,2-7H2,1H3. The van der Waals surface area contributed by atoms with Crippen LogP contribution >= 0.6 is 0 Å². The maximum Gasteiger partial charge on any atom is 0.415 e. The van der Waals surface area contributed by atoms with Crippen LogP contribution in [0, 0.1) is 0 Å². The van der Waals surface area contributed by atoms with E-state index in [1.54, 1.807) is 0 Å². The molecule has 92 valence electrons. The van der Waals surface area contributed by atoms with Crippen molar-refractivity contribution in [2.45, 2.75) is 32.0 Å². The zero-order valence-electron chi connectivity index (χ0n) is 8.81. The van der Waals surface area contributed by atoms with Crippen LogP contribution in [0.5, 0.6) is 0 Å². The lowest BCUT2D eigenvalue weighted by molar-refractivity contribution is -0.201. The molecule has 0 aliphatic heterocycles. The van der Waals surface area contributed by atoms with Crippen LogP contribution in [0.3, 0.4) is 0 Å². The van der Waals surface area contributed by atoms with Gasteiger partial charge in [0.05, 0.1) is 0 Å². The normalized spacial score (nSPS) is 14.2. The Kier molecular flexibility index (Phi) is 7.72. The van der Waals surface area contributed by atoms with Gasteiger partial charge in [-0.2, -0.15) is 13.2 Å².